The van der Waals surface area contributed by atoms with Crippen LogP contribution in [0.15, 0.2) is 12.4 Å². The van der Waals surface area contributed by atoms with Crippen molar-refractivity contribution in [1.29, 1.82) is 5.26 Å². The van der Waals surface area contributed by atoms with Crippen molar-refractivity contribution in [3.63, 3.8) is 0 Å². The number of aromatic nitrogens is 2. The maximum absolute atomic E-state index is 9.10. The number of rotatable bonds is 6. The zero-order valence-corrected chi connectivity index (χ0v) is 10.3. The first-order chi connectivity index (χ1) is 8.26. The summed E-state index contributed by atoms with van der Waals surface area (Å²) in [6, 6.07) is 2.28. The van der Waals surface area contributed by atoms with E-state index >= 15 is 0 Å². The van der Waals surface area contributed by atoms with Crippen molar-refractivity contribution >= 4 is 5.82 Å². The molecular weight excluding hydrogens is 216 g/mol. The number of nitriles is 1. The highest BCUT2D eigenvalue weighted by atomic mass is 16.3. The van der Waals surface area contributed by atoms with Gasteiger partial charge < -0.3 is 10.0 Å². The Morgan fingerprint density at radius 1 is 1.35 bits per heavy atom. The summed E-state index contributed by atoms with van der Waals surface area (Å²) in [6.45, 7) is 4.83. The van der Waals surface area contributed by atoms with Crippen LogP contribution in [0.25, 0.3) is 0 Å². The van der Waals surface area contributed by atoms with Crippen LogP contribution < -0.4 is 4.90 Å². The first kappa shape index (κ1) is 13.4. The van der Waals surface area contributed by atoms with Crippen LogP contribution in [0.3, 0.4) is 0 Å². The van der Waals surface area contributed by atoms with Crippen LogP contribution in [-0.4, -0.2) is 34.3 Å². The molecule has 0 atom stereocenters. The number of hydrogen-bond acceptors (Lipinski definition) is 5. The summed E-state index contributed by atoms with van der Waals surface area (Å²) in [7, 11) is 0. The highest BCUT2D eigenvalue weighted by molar-refractivity contribution is 5.38. The van der Waals surface area contributed by atoms with Crippen molar-refractivity contribution in [2.24, 2.45) is 0 Å². The molecule has 17 heavy (non-hydrogen) atoms. The van der Waals surface area contributed by atoms with E-state index in [1.807, 2.05) is 11.0 Å². The minimum Gasteiger partial charge on any atom is -0.395 e. The quantitative estimate of drug-likeness (QED) is 0.804. The normalized spacial score (nSPS) is 10.3. The van der Waals surface area contributed by atoms with Gasteiger partial charge in [-0.2, -0.15) is 5.26 Å². The van der Waals surface area contributed by atoms with E-state index in [0.29, 0.717) is 24.1 Å². The first-order valence-electron chi connectivity index (χ1n) is 5.86. The molecular formula is C12H18N4O. The molecule has 1 rings (SSSR count). The Morgan fingerprint density at radius 2 is 2.06 bits per heavy atom. The Labute approximate surface area is 102 Å². The molecule has 1 heterocycles. The number of aliphatic hydroxyl groups is 1. The molecule has 1 N–H and O–H groups in total. The second kappa shape index (κ2) is 6.81. The molecule has 0 unspecified atom stereocenters. The van der Waals surface area contributed by atoms with Crippen molar-refractivity contribution < 1.29 is 5.11 Å². The monoisotopic (exact) mass is 234 g/mol. The minimum atomic E-state index is 0.0815. The standard InChI is InChI=1S/C12H18N4O/c1-3-11(4-2)16(5-6-17)12-9-14-10(7-13)8-15-12/h8-9,11,17H,3-6H2,1-2H3. The molecule has 92 valence electrons. The van der Waals surface area contributed by atoms with E-state index in [-0.39, 0.29) is 6.61 Å². The summed E-state index contributed by atoms with van der Waals surface area (Å²) in [5.41, 5.74) is 0.308. The highest BCUT2D eigenvalue weighted by Crippen LogP contribution is 2.16. The fraction of sp³-hybridized carbons (Fsp3) is 0.583. The lowest BCUT2D eigenvalue weighted by atomic mass is 10.1. The van der Waals surface area contributed by atoms with Gasteiger partial charge in [-0.25, -0.2) is 9.97 Å². The molecule has 5 nitrogen and oxygen atoms in total. The van der Waals surface area contributed by atoms with Gasteiger partial charge in [0, 0.05) is 12.6 Å². The van der Waals surface area contributed by atoms with Gasteiger partial charge in [0.05, 0.1) is 19.0 Å². The Morgan fingerprint density at radius 3 is 2.47 bits per heavy atom. The minimum absolute atomic E-state index is 0.0815. The second-order valence-corrected chi connectivity index (χ2v) is 3.76. The third kappa shape index (κ3) is 3.40. The van der Waals surface area contributed by atoms with Crippen LogP contribution in [0, 0.1) is 11.3 Å². The van der Waals surface area contributed by atoms with Crippen LogP contribution in [0.1, 0.15) is 32.4 Å². The van der Waals surface area contributed by atoms with E-state index in [1.54, 1.807) is 6.20 Å². The van der Waals surface area contributed by atoms with Crippen LogP contribution in [0.4, 0.5) is 5.82 Å². The van der Waals surface area contributed by atoms with E-state index in [1.165, 1.54) is 6.20 Å². The molecule has 0 bridgehead atoms. The maximum Gasteiger partial charge on any atom is 0.158 e. The molecule has 1 aromatic rings. The summed E-state index contributed by atoms with van der Waals surface area (Å²) in [4.78, 5) is 10.3. The molecule has 0 fully saturated rings. The van der Waals surface area contributed by atoms with Gasteiger partial charge in [-0.05, 0) is 12.8 Å². The maximum atomic E-state index is 9.10. The molecule has 0 saturated heterocycles. The Balaban J connectivity index is 2.92. The molecule has 0 aliphatic carbocycles. The van der Waals surface area contributed by atoms with Gasteiger partial charge >= 0.3 is 0 Å². The van der Waals surface area contributed by atoms with Crippen molar-refractivity contribution in [3.8, 4) is 6.07 Å². The number of nitrogens with zero attached hydrogens (tertiary/aromatic N) is 4. The van der Waals surface area contributed by atoms with Crippen molar-refractivity contribution in [2.75, 3.05) is 18.1 Å². The van der Waals surface area contributed by atoms with Gasteiger partial charge in [0.2, 0.25) is 0 Å². The number of aliphatic hydroxyl groups excluding tert-OH is 1. The lowest BCUT2D eigenvalue weighted by molar-refractivity contribution is 0.295. The molecule has 0 saturated carbocycles. The van der Waals surface area contributed by atoms with E-state index in [0.717, 1.165) is 12.8 Å². The highest BCUT2D eigenvalue weighted by Gasteiger charge is 2.16. The SMILES string of the molecule is CCC(CC)N(CCO)c1cnc(C#N)cn1. The van der Waals surface area contributed by atoms with Gasteiger partial charge in [-0.1, -0.05) is 13.8 Å². The smallest absolute Gasteiger partial charge is 0.158 e. The van der Waals surface area contributed by atoms with Gasteiger partial charge in [0.25, 0.3) is 0 Å². The zero-order chi connectivity index (χ0) is 12.7. The first-order valence-corrected chi connectivity index (χ1v) is 5.86. The molecule has 5 heteroatoms. The zero-order valence-electron chi connectivity index (χ0n) is 10.3. The van der Waals surface area contributed by atoms with Crippen LogP contribution in [0.2, 0.25) is 0 Å². The Bertz CT molecular complexity index is 367. The number of hydrogen-bond donors (Lipinski definition) is 1. The van der Waals surface area contributed by atoms with Crippen molar-refractivity contribution in [3.05, 3.63) is 18.1 Å². The van der Waals surface area contributed by atoms with E-state index in [2.05, 4.69) is 23.8 Å². The van der Waals surface area contributed by atoms with Gasteiger partial charge in [-0.3, -0.25) is 0 Å². The van der Waals surface area contributed by atoms with Crippen LogP contribution in [0.5, 0.6) is 0 Å². The fourth-order valence-electron chi connectivity index (χ4n) is 1.85. The summed E-state index contributed by atoms with van der Waals surface area (Å²) in [5, 5.41) is 17.8. The van der Waals surface area contributed by atoms with Gasteiger partial charge in [0.15, 0.2) is 5.69 Å². The molecule has 0 amide bonds. The Kier molecular flexibility index (Phi) is 5.37. The average molecular weight is 234 g/mol. The summed E-state index contributed by atoms with van der Waals surface area (Å²) < 4.78 is 0. The fourth-order valence-corrected chi connectivity index (χ4v) is 1.85. The molecule has 1 aromatic heterocycles. The largest absolute Gasteiger partial charge is 0.395 e. The summed E-state index contributed by atoms with van der Waals surface area (Å²) in [5.74, 6) is 0.715. The molecule has 0 aromatic carbocycles. The van der Waals surface area contributed by atoms with E-state index in [4.69, 9.17) is 10.4 Å². The van der Waals surface area contributed by atoms with Crippen molar-refractivity contribution in [2.45, 2.75) is 32.7 Å². The van der Waals surface area contributed by atoms with Gasteiger partial charge in [-0.15, -0.1) is 0 Å². The van der Waals surface area contributed by atoms with Gasteiger partial charge in [0.1, 0.15) is 11.9 Å². The lowest BCUT2D eigenvalue weighted by Gasteiger charge is -2.30. The van der Waals surface area contributed by atoms with Crippen molar-refractivity contribution in [1.82, 2.24) is 9.97 Å². The average Bonchev–Trinajstić information content (AvgIpc) is 2.39. The predicted molar refractivity (Wildman–Crippen MR) is 65.5 cm³/mol. The molecule has 0 spiro atoms. The Hall–Kier alpha value is -1.67. The second-order valence-electron chi connectivity index (χ2n) is 3.76. The van der Waals surface area contributed by atoms with Crippen LogP contribution in [-0.2, 0) is 0 Å². The van der Waals surface area contributed by atoms with E-state index < -0.39 is 0 Å². The third-order valence-corrected chi connectivity index (χ3v) is 2.77. The molecule has 0 aliphatic heterocycles. The number of anilines is 1. The summed E-state index contributed by atoms with van der Waals surface area (Å²) in [6.07, 6.45) is 5.02. The molecule has 0 radical (unpaired) electrons. The van der Waals surface area contributed by atoms with E-state index in [9.17, 15) is 0 Å². The summed E-state index contributed by atoms with van der Waals surface area (Å²) >= 11 is 0. The topological polar surface area (TPSA) is 73.0 Å². The lowest BCUT2D eigenvalue weighted by Crippen LogP contribution is -2.37. The predicted octanol–water partition coefficient (Wildman–Crippen LogP) is 1.34. The molecule has 0 aliphatic rings. The third-order valence-electron chi connectivity index (χ3n) is 2.77. The van der Waals surface area contributed by atoms with Crippen LogP contribution >= 0.6 is 0 Å².